The maximum absolute atomic E-state index is 15.4. The van der Waals surface area contributed by atoms with Crippen molar-refractivity contribution in [3.63, 3.8) is 0 Å². The number of hydrogen-bond acceptors (Lipinski definition) is 8. The number of anilines is 1. The number of alkyl halides is 4. The molecule has 0 saturated carbocycles. The highest BCUT2D eigenvalue weighted by Crippen LogP contribution is 2.36. The Morgan fingerprint density at radius 1 is 1.32 bits per heavy atom. The first-order valence-electron chi connectivity index (χ1n) is 13.2. The molecular weight excluding hydrogens is 515 g/mol. The highest BCUT2D eigenvalue weighted by molar-refractivity contribution is 5.89. The second kappa shape index (κ2) is 9.31. The molecule has 1 atom stereocenters. The molecule has 15 heteroatoms. The Morgan fingerprint density at radius 3 is 2.87 bits per heavy atom. The maximum Gasteiger partial charge on any atom is 0.280 e. The summed E-state index contributed by atoms with van der Waals surface area (Å²) in [5.41, 5.74) is 0.207. The van der Waals surface area contributed by atoms with Crippen molar-refractivity contribution >= 4 is 22.5 Å². The van der Waals surface area contributed by atoms with E-state index in [0.717, 1.165) is 15.4 Å². The zero-order valence-electron chi connectivity index (χ0n) is 22.6. The molecular formula is C23H23F5N8O2. The van der Waals surface area contributed by atoms with E-state index in [4.69, 9.17) is 13.6 Å². The van der Waals surface area contributed by atoms with Crippen molar-refractivity contribution in [3.05, 3.63) is 30.2 Å². The molecule has 1 aromatic carbocycles. The van der Waals surface area contributed by atoms with Gasteiger partial charge in [0.25, 0.3) is 12.3 Å². The molecule has 2 aliphatic heterocycles. The third kappa shape index (κ3) is 4.28. The second-order valence-corrected chi connectivity index (χ2v) is 9.26. The van der Waals surface area contributed by atoms with Gasteiger partial charge in [0.05, 0.1) is 60.3 Å². The van der Waals surface area contributed by atoms with Crippen LogP contribution in [0.5, 0.6) is 5.88 Å². The Morgan fingerprint density at radius 2 is 2.16 bits per heavy atom. The fraction of sp³-hybridized carbons (Fsp3) is 0.478. The number of hydrogen-bond donors (Lipinski definition) is 1. The molecule has 0 aliphatic carbocycles. The number of fused-ring (bicyclic) bond motifs is 2. The van der Waals surface area contributed by atoms with E-state index in [-0.39, 0.29) is 40.1 Å². The Labute approximate surface area is 216 Å². The number of nitrogens with one attached hydrogen (secondary N) is 1. The van der Waals surface area contributed by atoms with Crippen LogP contribution in [0.25, 0.3) is 27.7 Å². The zero-order valence-corrected chi connectivity index (χ0v) is 19.6. The number of nitrogens with zero attached hydrogens (tertiary/aromatic N) is 7. The largest absolute Gasteiger partial charge is 0.479 e. The lowest BCUT2D eigenvalue weighted by atomic mass is 9.98. The van der Waals surface area contributed by atoms with Crippen LogP contribution >= 0.6 is 0 Å². The number of piperidine rings is 1. The smallest absolute Gasteiger partial charge is 0.280 e. The maximum atomic E-state index is 15.4. The molecule has 6 rings (SSSR count). The van der Waals surface area contributed by atoms with Gasteiger partial charge >= 0.3 is 0 Å². The molecule has 38 heavy (non-hydrogen) atoms. The molecule has 1 N–H and O–H groups in total. The first-order chi connectivity index (χ1) is 19.4. The SMILES string of the molecule is [2H]C([2H])([2H])Oc1nc(N[C@@H]2CCN(C3COC3)CC2(F)F)nn2cc(F)c(-c3ccc4nnn(CC(F)F)c4c3)c12. The number of likely N-dealkylation sites (tertiary alicyclic amines) is 1. The van der Waals surface area contributed by atoms with Gasteiger partial charge in [-0.1, -0.05) is 11.3 Å². The van der Waals surface area contributed by atoms with Crippen LogP contribution in [0.4, 0.5) is 27.9 Å². The number of methoxy groups -OCH3 is 1. The zero-order chi connectivity index (χ0) is 29.1. The Hall–Kier alpha value is -3.59. The first kappa shape index (κ1) is 21.4. The molecule has 0 amide bonds. The summed E-state index contributed by atoms with van der Waals surface area (Å²) in [6, 6.07) is 2.78. The van der Waals surface area contributed by atoms with E-state index in [1.807, 2.05) is 0 Å². The van der Waals surface area contributed by atoms with Crippen LogP contribution in [-0.2, 0) is 11.3 Å². The number of aromatic nitrogens is 6. The summed E-state index contributed by atoms with van der Waals surface area (Å²) in [4.78, 5) is 5.70. The van der Waals surface area contributed by atoms with Crippen LogP contribution in [-0.4, -0.2) is 92.3 Å². The summed E-state index contributed by atoms with van der Waals surface area (Å²) in [6.07, 6.45) is -1.77. The van der Waals surface area contributed by atoms with E-state index in [2.05, 4.69) is 25.7 Å². The van der Waals surface area contributed by atoms with Gasteiger partial charge in [-0.3, -0.25) is 4.90 Å². The number of halogens is 5. The minimum Gasteiger partial charge on any atom is -0.479 e. The summed E-state index contributed by atoms with van der Waals surface area (Å²) in [5.74, 6) is -5.04. The number of benzene rings is 1. The normalized spacial score (nSPS) is 21.8. The average molecular weight is 541 g/mol. The average Bonchev–Trinajstić information content (AvgIpc) is 3.37. The van der Waals surface area contributed by atoms with Gasteiger partial charge in [-0.25, -0.2) is 31.1 Å². The monoisotopic (exact) mass is 541 g/mol. The molecule has 4 aromatic rings. The summed E-state index contributed by atoms with van der Waals surface area (Å²) < 4.78 is 106. The molecule has 2 fully saturated rings. The van der Waals surface area contributed by atoms with Crippen molar-refractivity contribution in [2.45, 2.75) is 37.4 Å². The molecule has 0 radical (unpaired) electrons. The lowest BCUT2D eigenvalue weighted by molar-refractivity contribution is -0.131. The van der Waals surface area contributed by atoms with Crippen molar-refractivity contribution in [3.8, 4) is 17.0 Å². The van der Waals surface area contributed by atoms with E-state index in [9.17, 15) is 8.78 Å². The predicted octanol–water partition coefficient (Wildman–Crippen LogP) is 3.07. The van der Waals surface area contributed by atoms with E-state index in [1.165, 1.54) is 18.2 Å². The molecule has 202 valence electrons. The number of rotatable bonds is 7. The van der Waals surface area contributed by atoms with E-state index < -0.39 is 56.2 Å². The van der Waals surface area contributed by atoms with Gasteiger partial charge in [0.2, 0.25) is 11.8 Å². The van der Waals surface area contributed by atoms with Gasteiger partial charge in [-0.05, 0) is 24.1 Å². The molecule has 0 unspecified atom stereocenters. The van der Waals surface area contributed by atoms with Gasteiger partial charge in [-0.15, -0.1) is 10.2 Å². The van der Waals surface area contributed by atoms with Crippen LogP contribution in [0, 0.1) is 5.82 Å². The fourth-order valence-corrected chi connectivity index (χ4v) is 4.86. The molecule has 0 bridgehead atoms. The third-order valence-corrected chi connectivity index (χ3v) is 6.83. The summed E-state index contributed by atoms with van der Waals surface area (Å²) >= 11 is 0. The summed E-state index contributed by atoms with van der Waals surface area (Å²) in [5, 5.41) is 14.2. The van der Waals surface area contributed by atoms with Gasteiger partial charge < -0.3 is 14.8 Å². The predicted molar refractivity (Wildman–Crippen MR) is 125 cm³/mol. The standard InChI is InChI=1S/C23H23F5N8O2/c1-37-21-20-19(12-2-3-15-16(6-12)35(33-31-15)8-18(25)26)14(24)7-36(20)32-22(30-21)29-17-4-5-34(11-23(17,27)28)13-9-38-10-13/h2-3,6-7,13,17-18H,4-5,8-11H2,1H3,(H,29,32)/t17-/m1/s1/i1D3. The van der Waals surface area contributed by atoms with Crippen molar-refractivity contribution in [1.82, 2.24) is 34.5 Å². The topological polar surface area (TPSA) is 94.6 Å². The minimum absolute atomic E-state index is 0.0337. The lowest BCUT2D eigenvalue weighted by Gasteiger charge is -2.44. The highest BCUT2D eigenvalue weighted by Gasteiger charge is 2.47. The van der Waals surface area contributed by atoms with Crippen LogP contribution in [0.1, 0.15) is 10.5 Å². The first-order valence-corrected chi connectivity index (χ1v) is 11.7. The van der Waals surface area contributed by atoms with Crippen molar-refractivity contribution < 1.29 is 35.5 Å². The molecule has 0 spiro atoms. The van der Waals surface area contributed by atoms with Gasteiger partial charge in [-0.2, -0.15) is 4.98 Å². The van der Waals surface area contributed by atoms with Crippen molar-refractivity contribution in [1.29, 1.82) is 0 Å². The van der Waals surface area contributed by atoms with Crippen LogP contribution in [0.15, 0.2) is 24.4 Å². The van der Waals surface area contributed by atoms with Crippen LogP contribution in [0.2, 0.25) is 0 Å². The Kier molecular flexibility index (Phi) is 5.23. The highest BCUT2D eigenvalue weighted by atomic mass is 19.3. The summed E-state index contributed by atoms with van der Waals surface area (Å²) in [7, 11) is -3.03. The molecule has 2 aliphatic rings. The van der Waals surface area contributed by atoms with Crippen LogP contribution < -0.4 is 10.1 Å². The quantitative estimate of drug-likeness (QED) is 0.357. The van der Waals surface area contributed by atoms with Crippen LogP contribution in [0.3, 0.4) is 0 Å². The molecule has 2 saturated heterocycles. The van der Waals surface area contributed by atoms with Gasteiger partial charge in [0.1, 0.15) is 17.6 Å². The second-order valence-electron chi connectivity index (χ2n) is 9.26. The van der Waals surface area contributed by atoms with E-state index >= 15 is 13.2 Å². The number of ether oxygens (including phenoxy) is 2. The van der Waals surface area contributed by atoms with E-state index in [1.54, 1.807) is 4.90 Å². The molecule has 5 heterocycles. The third-order valence-electron chi connectivity index (χ3n) is 6.83. The molecule has 10 nitrogen and oxygen atoms in total. The fourth-order valence-electron chi connectivity index (χ4n) is 4.86. The Balaban J connectivity index is 1.38. The van der Waals surface area contributed by atoms with Crippen molar-refractivity contribution in [2.24, 2.45) is 0 Å². The molecule has 3 aromatic heterocycles. The minimum atomic E-state index is -3.19. The van der Waals surface area contributed by atoms with Gasteiger partial charge in [0, 0.05) is 6.54 Å². The van der Waals surface area contributed by atoms with E-state index in [0.29, 0.717) is 19.8 Å². The van der Waals surface area contributed by atoms with Crippen molar-refractivity contribution in [2.75, 3.05) is 38.7 Å². The Bertz CT molecular complexity index is 1590. The van der Waals surface area contributed by atoms with Gasteiger partial charge in [0.15, 0.2) is 5.82 Å². The summed E-state index contributed by atoms with van der Waals surface area (Å²) in [6.45, 7) is -0.111. The lowest BCUT2D eigenvalue weighted by Crippen LogP contribution is -2.61.